The number of aliphatic carboxylic acids is 1. The Bertz CT molecular complexity index is 74.0. The second-order valence-electron chi connectivity index (χ2n) is 1.40. The van der Waals surface area contributed by atoms with Crippen LogP contribution in [0.4, 0.5) is 0 Å². The minimum absolute atomic E-state index is 0.0938. The van der Waals surface area contributed by atoms with Gasteiger partial charge in [-0.25, -0.2) is 0 Å². The highest BCUT2D eigenvalue weighted by Crippen LogP contribution is 1.65. The van der Waals surface area contributed by atoms with E-state index in [0.717, 1.165) is 0 Å². The zero-order valence-corrected chi connectivity index (χ0v) is 5.66. The van der Waals surface area contributed by atoms with Crippen molar-refractivity contribution < 1.29 is 20.1 Å². The fraction of sp³-hybridized carbons (Fsp3) is 0.800. The fourth-order valence-electron chi connectivity index (χ4n) is 0.0707. The van der Waals surface area contributed by atoms with Gasteiger partial charge in [0.25, 0.3) is 0 Å². The molecule has 5 N–H and O–H groups in total. The average Bonchev–Trinajstić information content (AvgIpc) is 1.91. The van der Waals surface area contributed by atoms with Crippen LogP contribution in [0.15, 0.2) is 0 Å². The molecule has 5 nitrogen and oxygen atoms in total. The normalized spacial score (nSPS) is 7.90. The Kier molecular flexibility index (Phi) is 13.5. The molecule has 10 heavy (non-hydrogen) atoms. The Morgan fingerprint density at radius 3 is 1.60 bits per heavy atom. The first-order valence-corrected chi connectivity index (χ1v) is 2.82. The molecule has 0 spiro atoms. The summed E-state index contributed by atoms with van der Waals surface area (Å²) in [5, 5.41) is 23.4. The molecule has 0 aliphatic heterocycles. The van der Waals surface area contributed by atoms with E-state index >= 15 is 0 Å². The smallest absolute Gasteiger partial charge is 0.317 e. The molecule has 0 aliphatic carbocycles. The maximum atomic E-state index is 9.24. The highest BCUT2D eigenvalue weighted by molar-refractivity contribution is 5.68. The Hall–Kier alpha value is -0.650. The van der Waals surface area contributed by atoms with Gasteiger partial charge in [0.1, 0.15) is 0 Å². The molecule has 0 fully saturated rings. The van der Waals surface area contributed by atoms with Crippen LogP contribution in [0.2, 0.25) is 0 Å². The van der Waals surface area contributed by atoms with Crippen LogP contribution in [0.1, 0.15) is 6.42 Å². The van der Waals surface area contributed by atoms with Crippen molar-refractivity contribution in [3.05, 3.63) is 0 Å². The number of hydrogen-bond donors (Lipinski definition) is 4. The van der Waals surface area contributed by atoms with Gasteiger partial charge in [0.15, 0.2) is 0 Å². The Balaban J connectivity index is 0. The lowest BCUT2D eigenvalue weighted by Crippen LogP contribution is -2.10. The predicted molar refractivity (Wildman–Crippen MR) is 35.5 cm³/mol. The van der Waals surface area contributed by atoms with Crippen LogP contribution in [0.25, 0.3) is 0 Å². The standard InChI is InChI=1S/C3H8O2.C2H5NO2/c4-2-1-3-5;3-1-2(4)5/h4-5H,1-3H2;1,3H2,(H,4,5). The highest BCUT2D eigenvalue weighted by atomic mass is 16.4. The molecular weight excluding hydrogens is 138 g/mol. The van der Waals surface area contributed by atoms with E-state index in [0.29, 0.717) is 6.42 Å². The van der Waals surface area contributed by atoms with Crippen LogP contribution in [0.5, 0.6) is 0 Å². The van der Waals surface area contributed by atoms with Gasteiger partial charge in [-0.15, -0.1) is 0 Å². The zero-order valence-electron chi connectivity index (χ0n) is 5.66. The van der Waals surface area contributed by atoms with Gasteiger partial charge in [-0.1, -0.05) is 0 Å². The second kappa shape index (κ2) is 11.2. The van der Waals surface area contributed by atoms with Crippen LogP contribution in [0, 0.1) is 0 Å². The van der Waals surface area contributed by atoms with E-state index in [-0.39, 0.29) is 19.8 Å². The molecule has 0 rings (SSSR count). The molecule has 0 heterocycles. The van der Waals surface area contributed by atoms with Gasteiger partial charge >= 0.3 is 5.97 Å². The summed E-state index contributed by atoms with van der Waals surface area (Å²) in [6.45, 7) is -0.0903. The summed E-state index contributed by atoms with van der Waals surface area (Å²) >= 11 is 0. The van der Waals surface area contributed by atoms with Crippen LogP contribution < -0.4 is 5.73 Å². The minimum Gasteiger partial charge on any atom is -0.480 e. The second-order valence-corrected chi connectivity index (χ2v) is 1.40. The number of hydrogen-bond acceptors (Lipinski definition) is 4. The molecule has 0 aromatic rings. The molecule has 0 radical (unpaired) electrons. The first-order valence-electron chi connectivity index (χ1n) is 2.82. The SMILES string of the molecule is NCC(=O)O.OCCCO. The van der Waals surface area contributed by atoms with Crippen molar-refractivity contribution >= 4 is 5.97 Å². The van der Waals surface area contributed by atoms with E-state index in [1.54, 1.807) is 0 Å². The molecule has 0 bridgehead atoms. The third-order valence-electron chi connectivity index (χ3n) is 0.491. The molecule has 62 valence electrons. The molecule has 0 amide bonds. The number of carboxylic acids is 1. The Morgan fingerprint density at radius 1 is 1.30 bits per heavy atom. The summed E-state index contributed by atoms with van der Waals surface area (Å²) in [4.78, 5) is 9.24. The number of nitrogens with two attached hydrogens (primary N) is 1. The Labute approximate surface area is 59.1 Å². The van der Waals surface area contributed by atoms with Gasteiger partial charge in [-0.05, 0) is 6.42 Å². The first kappa shape index (κ1) is 12.1. The molecule has 0 saturated carbocycles. The number of rotatable bonds is 3. The molecule has 5 heteroatoms. The summed E-state index contributed by atoms with van der Waals surface area (Å²) in [6.07, 6.45) is 0.500. The van der Waals surface area contributed by atoms with Crippen molar-refractivity contribution in [2.24, 2.45) is 5.73 Å². The lowest BCUT2D eigenvalue weighted by atomic mass is 10.5. The number of aliphatic hydroxyl groups is 2. The lowest BCUT2D eigenvalue weighted by molar-refractivity contribution is -0.135. The average molecular weight is 151 g/mol. The molecule has 0 saturated heterocycles. The number of carboxylic acid groups (broad SMARTS) is 1. The molecule has 0 atom stereocenters. The molecule has 0 aromatic carbocycles. The first-order chi connectivity index (χ1) is 4.68. The summed E-state index contributed by atoms with van der Waals surface area (Å²) in [7, 11) is 0. The van der Waals surface area contributed by atoms with Gasteiger partial charge in [-0.2, -0.15) is 0 Å². The van der Waals surface area contributed by atoms with Crippen LogP contribution in [-0.4, -0.2) is 41.0 Å². The maximum Gasteiger partial charge on any atom is 0.317 e. The van der Waals surface area contributed by atoms with Gasteiger partial charge in [0.2, 0.25) is 0 Å². The van der Waals surface area contributed by atoms with Gasteiger partial charge in [0, 0.05) is 13.2 Å². The van der Waals surface area contributed by atoms with Gasteiger partial charge in [-0.3, -0.25) is 4.79 Å². The van der Waals surface area contributed by atoms with E-state index in [2.05, 4.69) is 5.73 Å². The van der Waals surface area contributed by atoms with E-state index in [1.165, 1.54) is 0 Å². The zero-order chi connectivity index (χ0) is 8.41. The topological polar surface area (TPSA) is 104 Å². The van der Waals surface area contributed by atoms with Crippen molar-refractivity contribution in [2.45, 2.75) is 6.42 Å². The molecule has 0 unspecified atom stereocenters. The van der Waals surface area contributed by atoms with Crippen LogP contribution >= 0.6 is 0 Å². The van der Waals surface area contributed by atoms with Crippen molar-refractivity contribution in [1.82, 2.24) is 0 Å². The molecule has 0 aliphatic rings. The van der Waals surface area contributed by atoms with Crippen molar-refractivity contribution in [1.29, 1.82) is 0 Å². The minimum atomic E-state index is -0.968. The van der Waals surface area contributed by atoms with Gasteiger partial charge < -0.3 is 21.1 Å². The van der Waals surface area contributed by atoms with Crippen molar-refractivity contribution in [3.8, 4) is 0 Å². The molecular formula is C5H13NO4. The number of carbonyl (C=O) groups is 1. The monoisotopic (exact) mass is 151 g/mol. The van der Waals surface area contributed by atoms with E-state index in [1.807, 2.05) is 0 Å². The summed E-state index contributed by atoms with van der Waals surface area (Å²) < 4.78 is 0. The lowest BCUT2D eigenvalue weighted by Gasteiger charge is -1.79. The third kappa shape index (κ3) is 26.4. The fourth-order valence-corrected chi connectivity index (χ4v) is 0.0707. The predicted octanol–water partition coefficient (Wildman–Crippen LogP) is -1.61. The van der Waals surface area contributed by atoms with Crippen LogP contribution in [-0.2, 0) is 4.79 Å². The van der Waals surface area contributed by atoms with Crippen molar-refractivity contribution in [2.75, 3.05) is 19.8 Å². The Morgan fingerprint density at radius 2 is 1.60 bits per heavy atom. The van der Waals surface area contributed by atoms with Crippen molar-refractivity contribution in [3.63, 3.8) is 0 Å². The van der Waals surface area contributed by atoms with E-state index in [9.17, 15) is 4.79 Å². The number of aliphatic hydroxyl groups excluding tert-OH is 2. The van der Waals surface area contributed by atoms with Gasteiger partial charge in [0.05, 0.1) is 6.54 Å². The van der Waals surface area contributed by atoms with E-state index in [4.69, 9.17) is 15.3 Å². The highest BCUT2D eigenvalue weighted by Gasteiger charge is 1.81. The third-order valence-corrected chi connectivity index (χ3v) is 0.491. The van der Waals surface area contributed by atoms with Crippen LogP contribution in [0.3, 0.4) is 0 Å². The quantitative estimate of drug-likeness (QED) is 0.388. The largest absolute Gasteiger partial charge is 0.480 e. The molecule has 0 aromatic heterocycles. The summed E-state index contributed by atoms with van der Waals surface area (Å²) in [6, 6.07) is 0. The summed E-state index contributed by atoms with van der Waals surface area (Å²) in [5.74, 6) is -0.968. The summed E-state index contributed by atoms with van der Waals surface area (Å²) in [5.41, 5.74) is 4.57. The maximum absolute atomic E-state index is 9.24. The van der Waals surface area contributed by atoms with E-state index < -0.39 is 5.97 Å².